The first-order chi connectivity index (χ1) is 12.4. The van der Waals surface area contributed by atoms with E-state index in [2.05, 4.69) is 33.9 Å². The Kier molecular flexibility index (Phi) is 5.55. The van der Waals surface area contributed by atoms with Crippen molar-refractivity contribution in [2.24, 2.45) is 0 Å². The Labute approximate surface area is 158 Å². The zero-order valence-electron chi connectivity index (χ0n) is 15.9. The maximum absolute atomic E-state index is 12.7. The molecule has 26 heavy (non-hydrogen) atoms. The van der Waals surface area contributed by atoms with E-state index in [0.29, 0.717) is 23.4 Å². The Morgan fingerprint density at radius 1 is 1.31 bits per heavy atom. The second-order valence-electron chi connectivity index (χ2n) is 7.05. The van der Waals surface area contributed by atoms with E-state index in [0.717, 1.165) is 29.4 Å². The molecular formula is C19H26N4O2S. The second kappa shape index (κ2) is 7.70. The average molecular weight is 375 g/mol. The summed E-state index contributed by atoms with van der Waals surface area (Å²) < 4.78 is 7.55. The first-order valence-corrected chi connectivity index (χ1v) is 9.85. The van der Waals surface area contributed by atoms with Gasteiger partial charge in [0.25, 0.3) is 0 Å². The summed E-state index contributed by atoms with van der Waals surface area (Å²) in [5.41, 5.74) is 1.76. The largest absolute Gasteiger partial charge is 0.495 e. The van der Waals surface area contributed by atoms with Crippen LogP contribution in [-0.4, -0.2) is 33.0 Å². The lowest BCUT2D eigenvalue weighted by atomic mass is 10.2. The van der Waals surface area contributed by atoms with Crippen molar-refractivity contribution < 1.29 is 9.53 Å². The van der Waals surface area contributed by atoms with Crippen LogP contribution in [0.1, 0.15) is 57.0 Å². The molecular weight excluding hydrogens is 348 g/mol. The highest BCUT2D eigenvalue weighted by Gasteiger charge is 2.31. The minimum atomic E-state index is -0.290. The summed E-state index contributed by atoms with van der Waals surface area (Å²) in [7, 11) is 1.60. The Balaban J connectivity index is 1.73. The SMILES string of the molecule is COc1ccc(C)cc1NC(=O)C(C)Sc1nnc(C(C)C)n1C1CC1. The number of thioether (sulfide) groups is 1. The summed E-state index contributed by atoms with van der Waals surface area (Å²) in [5, 5.41) is 12.2. The van der Waals surface area contributed by atoms with Gasteiger partial charge in [0.05, 0.1) is 18.0 Å². The summed E-state index contributed by atoms with van der Waals surface area (Å²) in [6, 6.07) is 6.22. The number of amides is 1. The average Bonchev–Trinajstić information content (AvgIpc) is 3.35. The number of ether oxygens (including phenoxy) is 1. The molecule has 1 N–H and O–H groups in total. The smallest absolute Gasteiger partial charge is 0.237 e. The highest BCUT2D eigenvalue weighted by molar-refractivity contribution is 8.00. The van der Waals surface area contributed by atoms with Crippen molar-refractivity contribution in [2.45, 2.75) is 62.9 Å². The Morgan fingerprint density at radius 3 is 2.65 bits per heavy atom. The number of methoxy groups -OCH3 is 1. The lowest BCUT2D eigenvalue weighted by Gasteiger charge is -2.15. The van der Waals surface area contributed by atoms with Crippen LogP contribution in [0.2, 0.25) is 0 Å². The third-order valence-corrected chi connectivity index (χ3v) is 5.44. The van der Waals surface area contributed by atoms with Crippen LogP contribution >= 0.6 is 11.8 Å². The van der Waals surface area contributed by atoms with Gasteiger partial charge in [0, 0.05) is 12.0 Å². The molecule has 1 amide bonds. The topological polar surface area (TPSA) is 69.0 Å². The Morgan fingerprint density at radius 2 is 2.04 bits per heavy atom. The lowest BCUT2D eigenvalue weighted by Crippen LogP contribution is -2.23. The van der Waals surface area contributed by atoms with Gasteiger partial charge in [0.15, 0.2) is 5.16 Å². The molecule has 1 aromatic carbocycles. The van der Waals surface area contributed by atoms with Crippen molar-refractivity contribution in [3.05, 3.63) is 29.6 Å². The normalized spacial score (nSPS) is 15.2. The zero-order valence-corrected chi connectivity index (χ0v) is 16.8. The first-order valence-electron chi connectivity index (χ1n) is 8.97. The summed E-state index contributed by atoms with van der Waals surface area (Å²) >= 11 is 1.46. The van der Waals surface area contributed by atoms with Crippen LogP contribution in [-0.2, 0) is 4.79 Å². The molecule has 0 radical (unpaired) electrons. The molecule has 3 rings (SSSR count). The predicted octanol–water partition coefficient (Wildman–Crippen LogP) is 4.17. The zero-order chi connectivity index (χ0) is 18.8. The van der Waals surface area contributed by atoms with Crippen LogP contribution in [0, 0.1) is 6.92 Å². The van der Waals surface area contributed by atoms with E-state index in [1.165, 1.54) is 11.8 Å². The van der Waals surface area contributed by atoms with E-state index < -0.39 is 0 Å². The Bertz CT molecular complexity index is 799. The number of rotatable bonds is 7. The van der Waals surface area contributed by atoms with E-state index in [-0.39, 0.29) is 11.2 Å². The van der Waals surface area contributed by atoms with Gasteiger partial charge in [-0.05, 0) is 44.4 Å². The third kappa shape index (κ3) is 4.03. The number of hydrogen-bond donors (Lipinski definition) is 1. The van der Waals surface area contributed by atoms with E-state index >= 15 is 0 Å². The van der Waals surface area contributed by atoms with Crippen LogP contribution in [0.5, 0.6) is 5.75 Å². The number of hydrogen-bond acceptors (Lipinski definition) is 5. The summed E-state index contributed by atoms with van der Waals surface area (Å²) in [6.07, 6.45) is 2.32. The number of nitrogens with zero attached hydrogens (tertiary/aromatic N) is 3. The van der Waals surface area contributed by atoms with Gasteiger partial charge in [0.1, 0.15) is 11.6 Å². The molecule has 140 valence electrons. The standard InChI is InChI=1S/C19H26N4O2S/c1-11(2)17-21-22-19(23(17)14-7-8-14)26-13(4)18(24)20-15-10-12(3)6-9-16(15)25-5/h6,9-11,13-14H,7-8H2,1-5H3,(H,20,24). The van der Waals surface area contributed by atoms with Crippen LogP contribution < -0.4 is 10.1 Å². The highest BCUT2D eigenvalue weighted by Crippen LogP contribution is 2.40. The van der Waals surface area contributed by atoms with Crippen molar-refractivity contribution in [1.29, 1.82) is 0 Å². The molecule has 2 aromatic rings. The van der Waals surface area contributed by atoms with Crippen LogP contribution in [0.4, 0.5) is 5.69 Å². The third-order valence-electron chi connectivity index (χ3n) is 4.38. The van der Waals surface area contributed by atoms with E-state index in [9.17, 15) is 4.79 Å². The predicted molar refractivity (Wildman–Crippen MR) is 104 cm³/mol. The number of anilines is 1. The fourth-order valence-electron chi connectivity index (χ4n) is 2.80. The molecule has 1 aliphatic rings. The number of aromatic nitrogens is 3. The molecule has 7 heteroatoms. The maximum Gasteiger partial charge on any atom is 0.237 e. The number of benzene rings is 1. The molecule has 1 aromatic heterocycles. The van der Waals surface area contributed by atoms with E-state index in [4.69, 9.17) is 4.74 Å². The molecule has 1 unspecified atom stereocenters. The maximum atomic E-state index is 12.7. The monoisotopic (exact) mass is 374 g/mol. The fraction of sp³-hybridized carbons (Fsp3) is 0.526. The highest BCUT2D eigenvalue weighted by atomic mass is 32.2. The first kappa shape index (κ1) is 18.8. The lowest BCUT2D eigenvalue weighted by molar-refractivity contribution is -0.115. The van der Waals surface area contributed by atoms with Crippen LogP contribution in [0.15, 0.2) is 23.4 Å². The molecule has 6 nitrogen and oxygen atoms in total. The van der Waals surface area contributed by atoms with Gasteiger partial charge in [-0.1, -0.05) is 31.7 Å². The molecule has 1 atom stereocenters. The minimum Gasteiger partial charge on any atom is -0.495 e. The molecule has 0 aliphatic heterocycles. The van der Waals surface area contributed by atoms with Crippen LogP contribution in [0.25, 0.3) is 0 Å². The van der Waals surface area contributed by atoms with E-state index in [1.54, 1.807) is 7.11 Å². The van der Waals surface area contributed by atoms with Crippen molar-refractivity contribution in [3.63, 3.8) is 0 Å². The van der Waals surface area contributed by atoms with Gasteiger partial charge in [-0.2, -0.15) is 0 Å². The van der Waals surface area contributed by atoms with Crippen molar-refractivity contribution in [2.75, 3.05) is 12.4 Å². The van der Waals surface area contributed by atoms with E-state index in [1.807, 2.05) is 32.0 Å². The second-order valence-corrected chi connectivity index (χ2v) is 8.36. The quantitative estimate of drug-likeness (QED) is 0.737. The molecule has 1 saturated carbocycles. The molecule has 0 saturated heterocycles. The van der Waals surface area contributed by atoms with Gasteiger partial charge >= 0.3 is 0 Å². The number of carbonyl (C=O) groups excluding carboxylic acids is 1. The molecule has 0 bridgehead atoms. The van der Waals surface area contributed by atoms with Crippen molar-refractivity contribution in [3.8, 4) is 5.75 Å². The summed E-state index contributed by atoms with van der Waals surface area (Å²) in [4.78, 5) is 12.7. The number of aryl methyl sites for hydroxylation is 1. The Hall–Kier alpha value is -2.02. The molecule has 0 spiro atoms. The van der Waals surface area contributed by atoms with Crippen molar-refractivity contribution in [1.82, 2.24) is 14.8 Å². The molecule has 1 aliphatic carbocycles. The van der Waals surface area contributed by atoms with Gasteiger partial charge in [-0.15, -0.1) is 10.2 Å². The summed E-state index contributed by atoms with van der Waals surface area (Å²) in [6.45, 7) is 8.12. The number of carbonyl (C=O) groups is 1. The van der Waals surface area contributed by atoms with Gasteiger partial charge in [0.2, 0.25) is 5.91 Å². The number of nitrogens with one attached hydrogen (secondary N) is 1. The molecule has 1 heterocycles. The molecule has 1 fully saturated rings. The minimum absolute atomic E-state index is 0.0738. The van der Waals surface area contributed by atoms with Gasteiger partial charge in [-0.3, -0.25) is 4.79 Å². The summed E-state index contributed by atoms with van der Waals surface area (Å²) in [5.74, 6) is 1.90. The fourth-order valence-corrected chi connectivity index (χ4v) is 3.73. The van der Waals surface area contributed by atoms with Crippen molar-refractivity contribution >= 4 is 23.4 Å². The van der Waals surface area contributed by atoms with Gasteiger partial charge < -0.3 is 14.6 Å². The van der Waals surface area contributed by atoms with Crippen LogP contribution in [0.3, 0.4) is 0 Å². The van der Waals surface area contributed by atoms with Gasteiger partial charge in [-0.25, -0.2) is 0 Å².